The second-order valence-corrected chi connectivity index (χ2v) is 6.75. The molecule has 26 heavy (non-hydrogen) atoms. The molecule has 2 aromatic rings. The SMILES string of the molecule is CCC1(C)/C(=C/c2ccc(C(C)=O)cc2)OC(=O)N1Cc1ccccc1. The fourth-order valence-electron chi connectivity index (χ4n) is 3.11. The number of ether oxygens (including phenoxy) is 1. The number of hydrogen-bond donors (Lipinski definition) is 0. The van der Waals surface area contributed by atoms with Gasteiger partial charge in [-0.05, 0) is 37.5 Å². The van der Waals surface area contributed by atoms with Gasteiger partial charge in [0.15, 0.2) is 5.78 Å². The van der Waals surface area contributed by atoms with Crippen molar-refractivity contribution < 1.29 is 14.3 Å². The number of benzene rings is 2. The van der Waals surface area contributed by atoms with Gasteiger partial charge in [-0.2, -0.15) is 0 Å². The molecule has 4 nitrogen and oxygen atoms in total. The summed E-state index contributed by atoms with van der Waals surface area (Å²) >= 11 is 0. The fraction of sp³-hybridized carbons (Fsp3) is 0.273. The van der Waals surface area contributed by atoms with Crippen molar-refractivity contribution in [1.29, 1.82) is 0 Å². The second kappa shape index (κ2) is 7.16. The van der Waals surface area contributed by atoms with Crippen LogP contribution in [0.4, 0.5) is 4.79 Å². The number of carbonyl (C=O) groups excluding carboxylic acids is 2. The lowest BCUT2D eigenvalue weighted by atomic mass is 9.93. The van der Waals surface area contributed by atoms with Gasteiger partial charge in [-0.1, -0.05) is 61.5 Å². The van der Waals surface area contributed by atoms with Gasteiger partial charge in [0, 0.05) is 5.56 Å². The molecule has 0 aromatic heterocycles. The number of nitrogens with zero attached hydrogens (tertiary/aromatic N) is 1. The molecular weight excluding hydrogens is 326 g/mol. The third-order valence-electron chi connectivity index (χ3n) is 5.03. The third kappa shape index (κ3) is 3.40. The average molecular weight is 349 g/mol. The van der Waals surface area contributed by atoms with E-state index in [2.05, 4.69) is 0 Å². The van der Waals surface area contributed by atoms with E-state index < -0.39 is 5.54 Å². The molecule has 2 aromatic carbocycles. The van der Waals surface area contributed by atoms with Crippen LogP contribution in [0.2, 0.25) is 0 Å². The molecule has 3 rings (SSSR count). The highest BCUT2D eigenvalue weighted by molar-refractivity contribution is 5.94. The number of Topliss-reactive ketones (excluding diaryl/α,β-unsaturated/α-hetero) is 1. The smallest absolute Gasteiger partial charge is 0.412 e. The minimum Gasteiger partial charge on any atom is -0.412 e. The molecule has 1 atom stereocenters. The van der Waals surface area contributed by atoms with Crippen LogP contribution in [0, 0.1) is 0 Å². The molecule has 0 bridgehead atoms. The lowest BCUT2D eigenvalue weighted by Gasteiger charge is -2.31. The average Bonchev–Trinajstić information content (AvgIpc) is 2.88. The van der Waals surface area contributed by atoms with Crippen LogP contribution < -0.4 is 0 Å². The minimum absolute atomic E-state index is 0.0314. The van der Waals surface area contributed by atoms with Crippen molar-refractivity contribution >= 4 is 18.0 Å². The Bertz CT molecular complexity index is 839. The number of rotatable bonds is 5. The molecule has 1 aliphatic heterocycles. The van der Waals surface area contributed by atoms with Gasteiger partial charge in [-0.15, -0.1) is 0 Å². The number of carbonyl (C=O) groups is 2. The van der Waals surface area contributed by atoms with E-state index in [0.717, 1.165) is 17.5 Å². The Morgan fingerprint density at radius 1 is 1.12 bits per heavy atom. The van der Waals surface area contributed by atoms with E-state index in [-0.39, 0.29) is 11.9 Å². The fourth-order valence-corrected chi connectivity index (χ4v) is 3.11. The van der Waals surface area contributed by atoms with Gasteiger partial charge >= 0.3 is 6.09 Å². The predicted molar refractivity (Wildman–Crippen MR) is 102 cm³/mol. The molecule has 0 aliphatic carbocycles. The van der Waals surface area contributed by atoms with E-state index in [0.29, 0.717) is 17.9 Å². The van der Waals surface area contributed by atoms with Gasteiger partial charge in [-0.25, -0.2) is 4.79 Å². The van der Waals surface area contributed by atoms with Crippen molar-refractivity contribution in [2.45, 2.75) is 39.3 Å². The van der Waals surface area contributed by atoms with Crippen molar-refractivity contribution in [3.63, 3.8) is 0 Å². The summed E-state index contributed by atoms with van der Waals surface area (Å²) in [6.07, 6.45) is 2.30. The summed E-state index contributed by atoms with van der Waals surface area (Å²) in [5.41, 5.74) is 2.13. The van der Waals surface area contributed by atoms with Gasteiger partial charge in [0.2, 0.25) is 0 Å². The van der Waals surface area contributed by atoms with Crippen molar-refractivity contribution in [2.24, 2.45) is 0 Å². The van der Waals surface area contributed by atoms with Crippen molar-refractivity contribution in [2.75, 3.05) is 0 Å². The monoisotopic (exact) mass is 349 g/mol. The molecule has 0 saturated carbocycles. The maximum Gasteiger partial charge on any atom is 0.416 e. The normalized spacial score (nSPS) is 21.1. The Morgan fingerprint density at radius 2 is 1.77 bits per heavy atom. The first-order chi connectivity index (χ1) is 12.4. The van der Waals surface area contributed by atoms with Crippen LogP contribution >= 0.6 is 0 Å². The molecular formula is C22H23NO3. The van der Waals surface area contributed by atoms with Crippen LogP contribution in [-0.2, 0) is 11.3 Å². The van der Waals surface area contributed by atoms with Crippen LogP contribution in [0.25, 0.3) is 6.08 Å². The molecule has 134 valence electrons. The molecule has 1 amide bonds. The molecule has 0 spiro atoms. The Kier molecular flexibility index (Phi) is 4.94. The van der Waals surface area contributed by atoms with E-state index in [9.17, 15) is 9.59 Å². The Morgan fingerprint density at radius 3 is 2.35 bits per heavy atom. The lowest BCUT2D eigenvalue weighted by Crippen LogP contribution is -2.42. The number of cyclic esters (lactones) is 1. The van der Waals surface area contributed by atoms with Crippen molar-refractivity contribution in [1.82, 2.24) is 4.90 Å². The number of ketones is 1. The highest BCUT2D eigenvalue weighted by atomic mass is 16.6. The molecule has 1 heterocycles. The zero-order chi connectivity index (χ0) is 18.7. The summed E-state index contributed by atoms with van der Waals surface area (Å²) < 4.78 is 5.62. The van der Waals surface area contributed by atoms with Crippen molar-refractivity contribution in [3.8, 4) is 0 Å². The van der Waals surface area contributed by atoms with E-state index in [1.807, 2.05) is 62.4 Å². The van der Waals surface area contributed by atoms with Crippen molar-refractivity contribution in [3.05, 3.63) is 77.0 Å². The summed E-state index contributed by atoms with van der Waals surface area (Å²) in [7, 11) is 0. The van der Waals surface area contributed by atoms with Crippen LogP contribution in [0.1, 0.15) is 48.7 Å². The van der Waals surface area contributed by atoms with Gasteiger partial charge < -0.3 is 4.74 Å². The summed E-state index contributed by atoms with van der Waals surface area (Å²) in [5.74, 6) is 0.667. The van der Waals surface area contributed by atoms with E-state index in [1.165, 1.54) is 0 Å². The van der Waals surface area contributed by atoms with Crippen LogP contribution in [0.15, 0.2) is 60.4 Å². The summed E-state index contributed by atoms with van der Waals surface area (Å²) in [6, 6.07) is 17.2. The third-order valence-corrected chi connectivity index (χ3v) is 5.03. The quantitative estimate of drug-likeness (QED) is 0.710. The maximum absolute atomic E-state index is 12.5. The first kappa shape index (κ1) is 17.9. The molecule has 1 aliphatic rings. The molecule has 1 saturated heterocycles. The largest absolute Gasteiger partial charge is 0.416 e. The zero-order valence-electron chi connectivity index (χ0n) is 15.4. The Balaban J connectivity index is 1.90. The van der Waals surface area contributed by atoms with Gasteiger partial charge in [0.25, 0.3) is 0 Å². The summed E-state index contributed by atoms with van der Waals surface area (Å²) in [6.45, 7) is 6.12. The molecule has 1 fully saturated rings. The molecule has 4 heteroatoms. The molecule has 0 N–H and O–H groups in total. The first-order valence-corrected chi connectivity index (χ1v) is 8.80. The summed E-state index contributed by atoms with van der Waals surface area (Å²) in [5, 5.41) is 0. The molecule has 0 radical (unpaired) electrons. The molecule has 1 unspecified atom stereocenters. The standard InChI is InChI=1S/C22H23NO3/c1-4-22(3)20(14-17-10-12-19(13-11-17)16(2)24)26-21(25)23(22)15-18-8-6-5-7-9-18/h5-14H,4,15H2,1-3H3/b20-14-. The van der Waals surface area contributed by atoms with E-state index in [1.54, 1.807) is 24.0 Å². The number of hydrogen-bond acceptors (Lipinski definition) is 3. The van der Waals surface area contributed by atoms with Gasteiger partial charge in [0.1, 0.15) is 11.3 Å². The van der Waals surface area contributed by atoms with E-state index >= 15 is 0 Å². The van der Waals surface area contributed by atoms with Gasteiger partial charge in [-0.3, -0.25) is 9.69 Å². The van der Waals surface area contributed by atoms with Crippen LogP contribution in [0.3, 0.4) is 0 Å². The second-order valence-electron chi connectivity index (χ2n) is 6.75. The topological polar surface area (TPSA) is 46.6 Å². The predicted octanol–water partition coefficient (Wildman–Crippen LogP) is 5.05. The lowest BCUT2D eigenvalue weighted by molar-refractivity contribution is 0.101. The maximum atomic E-state index is 12.5. The Labute approximate surface area is 154 Å². The van der Waals surface area contributed by atoms with Gasteiger partial charge in [0.05, 0.1) is 6.54 Å². The Hall–Kier alpha value is -2.88. The highest BCUT2D eigenvalue weighted by Crippen LogP contribution is 2.38. The zero-order valence-corrected chi connectivity index (χ0v) is 15.4. The first-order valence-electron chi connectivity index (χ1n) is 8.80. The van der Waals surface area contributed by atoms with Crippen LogP contribution in [0.5, 0.6) is 0 Å². The highest BCUT2D eigenvalue weighted by Gasteiger charge is 2.46. The minimum atomic E-state index is -0.508. The summed E-state index contributed by atoms with van der Waals surface area (Å²) in [4.78, 5) is 25.7. The van der Waals surface area contributed by atoms with E-state index in [4.69, 9.17) is 4.74 Å². The number of amides is 1. The van der Waals surface area contributed by atoms with Crippen LogP contribution in [-0.4, -0.2) is 22.3 Å².